The van der Waals surface area contributed by atoms with Gasteiger partial charge >= 0.3 is 6.36 Å². The van der Waals surface area contributed by atoms with Crippen molar-refractivity contribution >= 4 is 11.6 Å². The topological polar surface area (TPSA) is 56.1 Å². The number of anilines is 1. The lowest BCUT2D eigenvalue weighted by atomic mass is 10.2. The summed E-state index contributed by atoms with van der Waals surface area (Å²) in [5.41, 5.74) is 0.465. The van der Waals surface area contributed by atoms with Crippen LogP contribution >= 0.6 is 0 Å². The lowest BCUT2D eigenvalue weighted by molar-refractivity contribution is -0.274. The summed E-state index contributed by atoms with van der Waals surface area (Å²) >= 11 is 0. The van der Waals surface area contributed by atoms with Crippen molar-refractivity contribution < 1.29 is 22.7 Å². The minimum absolute atomic E-state index is 0.211. The molecule has 3 rings (SSSR count). The van der Waals surface area contributed by atoms with Gasteiger partial charge in [-0.15, -0.1) is 13.2 Å². The van der Waals surface area contributed by atoms with Gasteiger partial charge in [0.2, 0.25) is 0 Å². The average Bonchev–Trinajstić information content (AvgIpc) is 2.90. The van der Waals surface area contributed by atoms with Crippen LogP contribution in [0, 0.1) is 0 Å². The summed E-state index contributed by atoms with van der Waals surface area (Å²) in [6.07, 6.45) is -0.205. The number of carbonyl (C=O) groups excluding carboxylic acids is 1. The van der Waals surface area contributed by atoms with Gasteiger partial charge in [0, 0.05) is 30.9 Å². The van der Waals surface area contributed by atoms with E-state index in [4.69, 9.17) is 0 Å². The van der Waals surface area contributed by atoms with Crippen LogP contribution in [0.15, 0.2) is 30.5 Å². The van der Waals surface area contributed by atoms with E-state index in [0.717, 1.165) is 37.7 Å². The van der Waals surface area contributed by atoms with Gasteiger partial charge in [0.1, 0.15) is 17.3 Å². The number of aryl methyl sites for hydroxylation is 2. The van der Waals surface area contributed by atoms with Crippen LogP contribution in [0.2, 0.25) is 0 Å². The molecule has 0 radical (unpaired) electrons. The summed E-state index contributed by atoms with van der Waals surface area (Å²) in [6, 6.07) is 5.13. The molecule has 0 unspecified atom stereocenters. The zero-order valence-corrected chi connectivity index (χ0v) is 12.1. The molecule has 1 N–H and O–H groups in total. The van der Waals surface area contributed by atoms with Crippen LogP contribution in [0.3, 0.4) is 0 Å². The van der Waals surface area contributed by atoms with Crippen LogP contribution in [-0.2, 0) is 13.0 Å². The molecule has 8 heteroatoms. The minimum Gasteiger partial charge on any atom is -0.406 e. The predicted molar refractivity (Wildman–Crippen MR) is 76.2 cm³/mol. The summed E-state index contributed by atoms with van der Waals surface area (Å²) in [7, 11) is 0. The number of alkyl halides is 3. The van der Waals surface area contributed by atoms with E-state index in [2.05, 4.69) is 15.0 Å². The zero-order chi connectivity index (χ0) is 16.4. The van der Waals surface area contributed by atoms with Gasteiger partial charge in [0.05, 0.1) is 0 Å². The second-order valence-electron chi connectivity index (χ2n) is 5.22. The van der Waals surface area contributed by atoms with Crippen molar-refractivity contribution in [2.45, 2.75) is 32.2 Å². The fraction of sp³-hybridized carbons (Fsp3) is 0.333. The number of amides is 1. The van der Waals surface area contributed by atoms with E-state index in [9.17, 15) is 18.0 Å². The molecule has 0 aliphatic carbocycles. The smallest absolute Gasteiger partial charge is 0.406 e. The molecule has 122 valence electrons. The number of carbonyl (C=O) groups is 1. The number of fused-ring (bicyclic) bond motifs is 1. The Kier molecular flexibility index (Phi) is 3.97. The van der Waals surface area contributed by atoms with Crippen LogP contribution < -0.4 is 10.1 Å². The third-order valence-corrected chi connectivity index (χ3v) is 3.47. The highest BCUT2D eigenvalue weighted by molar-refractivity contribution is 6.02. The molecule has 0 saturated carbocycles. The fourth-order valence-corrected chi connectivity index (χ4v) is 2.49. The van der Waals surface area contributed by atoms with Gasteiger partial charge in [-0.2, -0.15) is 0 Å². The van der Waals surface area contributed by atoms with Crippen molar-refractivity contribution in [1.29, 1.82) is 0 Å². The van der Waals surface area contributed by atoms with Crippen molar-refractivity contribution in [3.63, 3.8) is 0 Å². The van der Waals surface area contributed by atoms with Crippen LogP contribution in [0.5, 0.6) is 5.75 Å². The van der Waals surface area contributed by atoms with Gasteiger partial charge in [0.15, 0.2) is 0 Å². The van der Waals surface area contributed by atoms with Gasteiger partial charge < -0.3 is 14.6 Å². The Labute approximate surface area is 130 Å². The fourth-order valence-electron chi connectivity index (χ4n) is 2.49. The molecular formula is C15H14F3N3O2. The number of aromatic nitrogens is 2. The number of halogens is 3. The first-order valence-corrected chi connectivity index (χ1v) is 7.14. The maximum Gasteiger partial charge on any atom is 0.573 e. The van der Waals surface area contributed by atoms with Gasteiger partial charge in [-0.05, 0) is 25.0 Å². The number of rotatable bonds is 3. The Morgan fingerprint density at radius 2 is 2.13 bits per heavy atom. The van der Waals surface area contributed by atoms with E-state index in [1.165, 1.54) is 18.2 Å². The molecule has 2 aromatic rings. The van der Waals surface area contributed by atoms with E-state index in [-0.39, 0.29) is 17.1 Å². The summed E-state index contributed by atoms with van der Waals surface area (Å²) in [4.78, 5) is 16.4. The highest BCUT2D eigenvalue weighted by Gasteiger charge is 2.31. The quantitative estimate of drug-likeness (QED) is 0.941. The molecule has 0 atom stereocenters. The van der Waals surface area contributed by atoms with Crippen LogP contribution in [0.4, 0.5) is 18.9 Å². The summed E-state index contributed by atoms with van der Waals surface area (Å²) in [5.74, 6) is 0.00560. The Balaban J connectivity index is 1.72. The number of nitrogens with zero attached hydrogens (tertiary/aromatic N) is 2. The summed E-state index contributed by atoms with van der Waals surface area (Å²) < 4.78 is 42.4. The van der Waals surface area contributed by atoms with Crippen molar-refractivity contribution in [3.8, 4) is 5.75 Å². The third kappa shape index (κ3) is 3.82. The van der Waals surface area contributed by atoms with Crippen LogP contribution in [0.1, 0.15) is 29.2 Å². The lowest BCUT2D eigenvalue weighted by Crippen LogP contribution is -2.17. The van der Waals surface area contributed by atoms with Crippen LogP contribution in [0.25, 0.3) is 0 Å². The average molecular weight is 325 g/mol. The molecule has 1 amide bonds. The number of nitrogens with one attached hydrogen (secondary N) is 1. The first kappa shape index (κ1) is 15.4. The minimum atomic E-state index is -4.77. The maximum atomic E-state index is 12.2. The monoisotopic (exact) mass is 325 g/mol. The molecule has 2 heterocycles. The van der Waals surface area contributed by atoms with E-state index in [1.807, 2.05) is 4.57 Å². The van der Waals surface area contributed by atoms with E-state index in [0.29, 0.717) is 0 Å². The second-order valence-corrected chi connectivity index (χ2v) is 5.22. The lowest BCUT2D eigenvalue weighted by Gasteiger charge is -2.11. The molecule has 0 saturated heterocycles. The first-order chi connectivity index (χ1) is 10.9. The molecule has 1 aliphatic rings. The normalized spacial score (nSPS) is 14.2. The highest BCUT2D eigenvalue weighted by atomic mass is 19.4. The van der Waals surface area contributed by atoms with E-state index in [1.54, 1.807) is 6.20 Å². The molecule has 1 aromatic carbocycles. The number of ether oxygens (including phenoxy) is 1. The van der Waals surface area contributed by atoms with Crippen molar-refractivity contribution in [2.24, 2.45) is 0 Å². The summed E-state index contributed by atoms with van der Waals surface area (Å²) in [6.45, 7) is 0.824. The molecule has 0 spiro atoms. The Bertz CT molecular complexity index is 701. The second kappa shape index (κ2) is 5.94. The molecule has 0 fully saturated rings. The van der Waals surface area contributed by atoms with Crippen molar-refractivity contribution in [3.05, 3.63) is 42.0 Å². The summed E-state index contributed by atoms with van der Waals surface area (Å²) in [5, 5.41) is 2.53. The molecular weight excluding hydrogens is 311 g/mol. The predicted octanol–water partition coefficient (Wildman–Crippen LogP) is 3.37. The number of benzene rings is 1. The number of imidazole rings is 1. The first-order valence-electron chi connectivity index (χ1n) is 7.14. The van der Waals surface area contributed by atoms with Gasteiger partial charge in [0.25, 0.3) is 5.91 Å². The molecule has 1 aromatic heterocycles. The molecule has 23 heavy (non-hydrogen) atoms. The largest absolute Gasteiger partial charge is 0.573 e. The van der Waals surface area contributed by atoms with Gasteiger partial charge in [-0.25, -0.2) is 4.98 Å². The zero-order valence-electron chi connectivity index (χ0n) is 12.1. The van der Waals surface area contributed by atoms with Crippen molar-refractivity contribution in [2.75, 3.05) is 5.32 Å². The molecule has 0 bridgehead atoms. The van der Waals surface area contributed by atoms with Gasteiger partial charge in [-0.1, -0.05) is 6.07 Å². The van der Waals surface area contributed by atoms with E-state index < -0.39 is 12.3 Å². The highest BCUT2D eigenvalue weighted by Crippen LogP contribution is 2.25. The number of hydrogen-bond acceptors (Lipinski definition) is 3. The Morgan fingerprint density at radius 1 is 1.30 bits per heavy atom. The Hall–Kier alpha value is -2.51. The molecule has 5 nitrogen and oxygen atoms in total. The number of hydrogen-bond donors (Lipinski definition) is 1. The van der Waals surface area contributed by atoms with E-state index >= 15 is 0 Å². The standard InChI is InChI=1S/C15H14F3N3O2/c16-15(17,18)23-11-5-3-4-10(8-11)19-14(22)12-9-21-7-2-1-6-13(21)20-12/h3-5,8-9H,1-2,6-7H2,(H,19,22). The maximum absolute atomic E-state index is 12.2. The SMILES string of the molecule is O=C(Nc1cccc(OC(F)(F)F)c1)c1cn2c(n1)CCCC2. The Morgan fingerprint density at radius 3 is 2.87 bits per heavy atom. The van der Waals surface area contributed by atoms with Crippen molar-refractivity contribution in [1.82, 2.24) is 9.55 Å². The van der Waals surface area contributed by atoms with Crippen LogP contribution in [-0.4, -0.2) is 21.8 Å². The van der Waals surface area contributed by atoms with Gasteiger partial charge in [-0.3, -0.25) is 4.79 Å². The third-order valence-electron chi connectivity index (χ3n) is 3.47. The molecule has 1 aliphatic heterocycles.